The third-order valence-electron chi connectivity index (χ3n) is 8.36. The van der Waals surface area contributed by atoms with Gasteiger partial charge in [-0.1, -0.05) is 51.8 Å². The van der Waals surface area contributed by atoms with Crippen molar-refractivity contribution in [1.82, 2.24) is 25.8 Å². The molecule has 2 aromatic rings. The van der Waals surface area contributed by atoms with E-state index in [-0.39, 0.29) is 36.1 Å². The van der Waals surface area contributed by atoms with Gasteiger partial charge in [0.15, 0.2) is 0 Å². The number of esters is 1. The standard InChI is InChI=1S/C33H48N6O5/c1-7-8-15-26(32(42)44-6)36-31(41)28(18-24-23-14-9-10-16-25(23)35-29(24)19-34)37-30(40)27(17-20(2)3)38-33(43)39-21(4)12-11-13-22(39)5/h9-10,14,16,20-22,26-28,35H,7-8,11-13,15,17-18H2,1-6H3,(H,36,41)(H,37,40)(H,38,43)/t21-,22+,26-,27+,28-/m1/s1. The molecule has 0 spiro atoms. The van der Waals surface area contributed by atoms with Crippen LogP contribution in [0, 0.1) is 17.2 Å². The minimum absolute atomic E-state index is 0.00527. The smallest absolute Gasteiger partial charge is 0.328 e. The summed E-state index contributed by atoms with van der Waals surface area (Å²) in [6.07, 6.45) is 5.07. The molecular formula is C33H48N6O5. The Kier molecular flexibility index (Phi) is 12.6. The molecule has 3 rings (SSSR count). The first-order valence-corrected chi connectivity index (χ1v) is 15.8. The first kappa shape index (κ1) is 34.4. The van der Waals surface area contributed by atoms with Crippen LogP contribution in [0.25, 0.3) is 10.9 Å². The Labute approximate surface area is 260 Å². The molecule has 240 valence electrons. The SMILES string of the molecule is CCCC[C@@H](NC(=O)[C@@H](Cc1c(C#N)[nH]c2ccccc12)NC(=O)[C@H](CC(C)C)NC(=O)N1[C@H](C)CCC[C@@H]1C)C(=O)OC. The Morgan fingerprint density at radius 3 is 2.27 bits per heavy atom. The number of rotatable bonds is 13. The molecule has 0 bridgehead atoms. The summed E-state index contributed by atoms with van der Waals surface area (Å²) >= 11 is 0. The predicted octanol–water partition coefficient (Wildman–Crippen LogP) is 4.30. The number of nitriles is 1. The van der Waals surface area contributed by atoms with Crippen LogP contribution >= 0.6 is 0 Å². The normalized spacial score (nSPS) is 18.6. The lowest BCUT2D eigenvalue weighted by Gasteiger charge is -2.39. The van der Waals surface area contributed by atoms with Crippen molar-refractivity contribution in [3.05, 3.63) is 35.5 Å². The Balaban J connectivity index is 1.93. The van der Waals surface area contributed by atoms with E-state index in [9.17, 15) is 24.4 Å². The molecule has 1 saturated heterocycles. The predicted molar refractivity (Wildman–Crippen MR) is 169 cm³/mol. The summed E-state index contributed by atoms with van der Waals surface area (Å²) in [6, 6.07) is 6.39. The van der Waals surface area contributed by atoms with Crippen molar-refractivity contribution < 1.29 is 23.9 Å². The van der Waals surface area contributed by atoms with E-state index in [0.717, 1.165) is 36.6 Å². The van der Waals surface area contributed by atoms with Gasteiger partial charge in [-0.25, -0.2) is 9.59 Å². The van der Waals surface area contributed by atoms with Crippen LogP contribution in [0.2, 0.25) is 0 Å². The van der Waals surface area contributed by atoms with E-state index in [1.54, 1.807) is 4.90 Å². The van der Waals surface area contributed by atoms with Gasteiger partial charge in [0, 0.05) is 29.4 Å². The van der Waals surface area contributed by atoms with Crippen LogP contribution in [0.15, 0.2) is 24.3 Å². The highest BCUT2D eigenvalue weighted by Gasteiger charge is 2.34. The van der Waals surface area contributed by atoms with Gasteiger partial charge in [-0.2, -0.15) is 5.26 Å². The first-order valence-electron chi connectivity index (χ1n) is 15.8. The molecule has 0 aliphatic carbocycles. The van der Waals surface area contributed by atoms with Gasteiger partial charge in [0.1, 0.15) is 29.9 Å². The summed E-state index contributed by atoms with van der Waals surface area (Å²) in [7, 11) is 1.26. The molecule has 5 atom stereocenters. The maximum atomic E-state index is 13.9. The maximum Gasteiger partial charge on any atom is 0.328 e. The van der Waals surface area contributed by atoms with Crippen LogP contribution in [0.4, 0.5) is 4.79 Å². The van der Waals surface area contributed by atoms with Gasteiger partial charge in [-0.3, -0.25) is 9.59 Å². The van der Waals surface area contributed by atoms with Crippen molar-refractivity contribution in [2.75, 3.05) is 7.11 Å². The van der Waals surface area contributed by atoms with Gasteiger partial charge in [-0.05, 0) is 63.5 Å². The number of aromatic amines is 1. The molecule has 0 radical (unpaired) electrons. The summed E-state index contributed by atoms with van der Waals surface area (Å²) in [5, 5.41) is 19.2. The fraction of sp³-hybridized carbons (Fsp3) is 0.606. The molecule has 1 aromatic heterocycles. The molecule has 1 aromatic carbocycles. The first-order chi connectivity index (χ1) is 21.0. The molecule has 2 heterocycles. The number of H-pyrrole nitrogens is 1. The van der Waals surface area contributed by atoms with Gasteiger partial charge >= 0.3 is 12.0 Å². The number of benzene rings is 1. The fourth-order valence-corrected chi connectivity index (χ4v) is 6.01. The number of unbranched alkanes of at least 4 members (excludes halogenated alkanes) is 1. The zero-order valence-corrected chi connectivity index (χ0v) is 26.9. The number of fused-ring (bicyclic) bond motifs is 1. The summed E-state index contributed by atoms with van der Waals surface area (Å²) in [5.74, 6) is -1.58. The minimum atomic E-state index is -1.14. The number of nitrogens with zero attached hydrogens (tertiary/aromatic N) is 2. The van der Waals surface area contributed by atoms with Gasteiger partial charge < -0.3 is 30.6 Å². The third kappa shape index (κ3) is 8.74. The summed E-state index contributed by atoms with van der Waals surface area (Å²) in [5.41, 5.74) is 1.59. The van der Waals surface area contributed by atoms with Crippen LogP contribution in [0.3, 0.4) is 0 Å². The number of amides is 4. The van der Waals surface area contributed by atoms with Crippen molar-refractivity contribution in [2.45, 2.75) is 116 Å². The van der Waals surface area contributed by atoms with Crippen molar-refractivity contribution >= 4 is 34.7 Å². The highest BCUT2D eigenvalue weighted by molar-refractivity contribution is 5.94. The van der Waals surface area contributed by atoms with Crippen LogP contribution in [0.1, 0.15) is 90.8 Å². The zero-order chi connectivity index (χ0) is 32.4. The molecule has 0 unspecified atom stereocenters. The zero-order valence-electron chi connectivity index (χ0n) is 26.9. The van der Waals surface area contributed by atoms with E-state index in [0.29, 0.717) is 24.8 Å². The average Bonchev–Trinajstić information content (AvgIpc) is 3.35. The Morgan fingerprint density at radius 2 is 1.66 bits per heavy atom. The van der Waals surface area contributed by atoms with E-state index in [1.165, 1.54) is 7.11 Å². The monoisotopic (exact) mass is 608 g/mol. The highest BCUT2D eigenvalue weighted by Crippen LogP contribution is 2.25. The Bertz CT molecular complexity index is 1340. The number of hydrogen-bond acceptors (Lipinski definition) is 6. The van der Waals surface area contributed by atoms with Crippen LogP contribution in [-0.2, 0) is 25.5 Å². The van der Waals surface area contributed by atoms with E-state index in [1.807, 2.05) is 58.9 Å². The van der Waals surface area contributed by atoms with Crippen molar-refractivity contribution in [2.24, 2.45) is 5.92 Å². The number of methoxy groups -OCH3 is 1. The lowest BCUT2D eigenvalue weighted by molar-refractivity contribution is -0.145. The van der Waals surface area contributed by atoms with Crippen LogP contribution in [-0.4, -0.2) is 71.0 Å². The second-order valence-electron chi connectivity index (χ2n) is 12.3. The highest BCUT2D eigenvalue weighted by atomic mass is 16.5. The number of carbonyl (C=O) groups is 4. The number of ether oxygens (including phenoxy) is 1. The lowest BCUT2D eigenvalue weighted by Crippen LogP contribution is -2.59. The molecule has 11 nitrogen and oxygen atoms in total. The molecule has 1 aliphatic rings. The Hall–Kier alpha value is -4.07. The molecule has 1 aliphatic heterocycles. The summed E-state index contributed by atoms with van der Waals surface area (Å²) < 4.78 is 4.93. The van der Waals surface area contributed by atoms with Crippen molar-refractivity contribution in [3.8, 4) is 6.07 Å². The molecule has 1 fully saturated rings. The third-order valence-corrected chi connectivity index (χ3v) is 8.36. The minimum Gasteiger partial charge on any atom is -0.467 e. The molecule has 0 saturated carbocycles. The Morgan fingerprint density at radius 1 is 1.02 bits per heavy atom. The molecule has 44 heavy (non-hydrogen) atoms. The average molecular weight is 609 g/mol. The number of carbonyl (C=O) groups excluding carboxylic acids is 4. The summed E-state index contributed by atoms with van der Waals surface area (Å²) in [6.45, 7) is 9.92. The van der Waals surface area contributed by atoms with Crippen LogP contribution in [0.5, 0.6) is 0 Å². The van der Waals surface area contributed by atoms with E-state index in [4.69, 9.17) is 4.74 Å². The van der Waals surface area contributed by atoms with Crippen LogP contribution < -0.4 is 16.0 Å². The fourth-order valence-electron chi connectivity index (χ4n) is 6.01. The van der Waals surface area contributed by atoms with Gasteiger partial charge in [0.05, 0.1) is 7.11 Å². The number of aromatic nitrogens is 1. The van der Waals surface area contributed by atoms with Gasteiger partial charge in [-0.15, -0.1) is 0 Å². The van der Waals surface area contributed by atoms with E-state index < -0.39 is 35.9 Å². The number of nitrogens with one attached hydrogen (secondary N) is 4. The number of likely N-dealkylation sites (tertiary alicyclic amines) is 1. The molecule has 11 heteroatoms. The van der Waals surface area contributed by atoms with Crippen molar-refractivity contribution in [3.63, 3.8) is 0 Å². The topological polar surface area (TPSA) is 156 Å². The van der Waals surface area contributed by atoms with Gasteiger partial charge in [0.2, 0.25) is 11.8 Å². The quantitative estimate of drug-likeness (QED) is 0.248. The number of urea groups is 1. The maximum absolute atomic E-state index is 13.9. The number of para-hydroxylation sites is 1. The van der Waals surface area contributed by atoms with Gasteiger partial charge in [0.25, 0.3) is 0 Å². The number of hydrogen-bond donors (Lipinski definition) is 4. The van der Waals surface area contributed by atoms with E-state index in [2.05, 4.69) is 27.0 Å². The van der Waals surface area contributed by atoms with Crippen molar-refractivity contribution in [1.29, 1.82) is 5.26 Å². The summed E-state index contributed by atoms with van der Waals surface area (Å²) in [4.78, 5) is 58.5. The lowest BCUT2D eigenvalue weighted by atomic mass is 9.97. The molecule has 4 amide bonds. The second kappa shape index (κ2) is 16.1. The number of piperidine rings is 1. The molecule has 4 N–H and O–H groups in total. The molecular weight excluding hydrogens is 560 g/mol. The van der Waals surface area contributed by atoms with E-state index >= 15 is 0 Å². The second-order valence-corrected chi connectivity index (χ2v) is 12.3. The largest absolute Gasteiger partial charge is 0.467 e.